The first-order valence-electron chi connectivity index (χ1n) is 5.88. The van der Waals surface area contributed by atoms with Crippen molar-refractivity contribution < 1.29 is 23.8 Å². The molecule has 0 fully saturated rings. The van der Waals surface area contributed by atoms with E-state index in [2.05, 4.69) is 10.6 Å². The number of nitrogens with one attached hydrogen (secondary N) is 2. The molecule has 0 bridgehead atoms. The fourth-order valence-electron chi connectivity index (χ4n) is 1.31. The quantitative estimate of drug-likeness (QED) is 0.772. The summed E-state index contributed by atoms with van der Waals surface area (Å²) < 4.78 is 17.9. The first-order valence-corrected chi connectivity index (χ1v) is 5.88. The van der Waals surface area contributed by atoms with Crippen molar-refractivity contribution in [2.24, 2.45) is 5.41 Å². The van der Waals surface area contributed by atoms with E-state index in [1.54, 1.807) is 0 Å². The molecule has 0 aliphatic heterocycles. The van der Waals surface area contributed by atoms with Crippen molar-refractivity contribution in [3.63, 3.8) is 0 Å². The summed E-state index contributed by atoms with van der Waals surface area (Å²) >= 11 is 0. The number of amides is 2. The fraction of sp³-hybridized carbons (Fsp3) is 0.385. The predicted octanol–water partition coefficient (Wildman–Crippen LogP) is 2.07. The van der Waals surface area contributed by atoms with Gasteiger partial charge in [0.1, 0.15) is 11.6 Å². The zero-order chi connectivity index (χ0) is 15.3. The van der Waals surface area contributed by atoms with Crippen LogP contribution in [0, 0.1) is 11.2 Å². The summed E-state index contributed by atoms with van der Waals surface area (Å²) in [6.45, 7) is 2.94. The first kappa shape index (κ1) is 15.7. The normalized spacial score (nSPS) is 10.8. The number of methoxy groups -OCH3 is 1. The van der Waals surface area contributed by atoms with Gasteiger partial charge in [0.15, 0.2) is 0 Å². The van der Waals surface area contributed by atoms with Crippen LogP contribution in [0.2, 0.25) is 0 Å². The van der Waals surface area contributed by atoms with E-state index < -0.39 is 23.2 Å². The van der Waals surface area contributed by atoms with Gasteiger partial charge in [0.2, 0.25) is 0 Å². The SMILES string of the molecule is COc1cc(F)ccc1NC(=O)NCC(C)(C)C(=O)O. The maximum atomic E-state index is 13.0. The van der Waals surface area contributed by atoms with Gasteiger partial charge in [-0.05, 0) is 26.0 Å². The molecule has 0 heterocycles. The Morgan fingerprint density at radius 1 is 1.40 bits per heavy atom. The summed E-state index contributed by atoms with van der Waals surface area (Å²) in [6.07, 6.45) is 0. The molecule has 1 aromatic carbocycles. The highest BCUT2D eigenvalue weighted by atomic mass is 19.1. The second kappa shape index (κ2) is 6.23. The van der Waals surface area contributed by atoms with Gasteiger partial charge in [0.05, 0.1) is 18.2 Å². The number of carbonyl (C=O) groups is 2. The molecule has 110 valence electrons. The van der Waals surface area contributed by atoms with E-state index >= 15 is 0 Å². The summed E-state index contributed by atoms with van der Waals surface area (Å²) in [5.74, 6) is -1.32. The van der Waals surface area contributed by atoms with E-state index in [1.807, 2.05) is 0 Å². The summed E-state index contributed by atoms with van der Waals surface area (Å²) in [5, 5.41) is 13.8. The molecular weight excluding hydrogens is 267 g/mol. The van der Waals surface area contributed by atoms with Crippen molar-refractivity contribution in [2.75, 3.05) is 19.0 Å². The van der Waals surface area contributed by atoms with Crippen molar-refractivity contribution in [3.8, 4) is 5.75 Å². The third-order valence-electron chi connectivity index (χ3n) is 2.68. The summed E-state index contributed by atoms with van der Waals surface area (Å²) in [6, 6.07) is 3.08. The minimum Gasteiger partial charge on any atom is -0.494 e. The van der Waals surface area contributed by atoms with Crippen LogP contribution in [0.25, 0.3) is 0 Å². The highest BCUT2D eigenvalue weighted by Gasteiger charge is 2.27. The van der Waals surface area contributed by atoms with E-state index in [9.17, 15) is 14.0 Å². The van der Waals surface area contributed by atoms with Crippen molar-refractivity contribution in [2.45, 2.75) is 13.8 Å². The minimum atomic E-state index is -1.08. The number of aliphatic carboxylic acids is 1. The minimum absolute atomic E-state index is 0.0440. The maximum Gasteiger partial charge on any atom is 0.319 e. The van der Waals surface area contributed by atoms with Crippen LogP contribution in [-0.4, -0.2) is 30.8 Å². The topological polar surface area (TPSA) is 87.7 Å². The number of halogens is 1. The monoisotopic (exact) mass is 284 g/mol. The van der Waals surface area contributed by atoms with Crippen LogP contribution >= 0.6 is 0 Å². The average molecular weight is 284 g/mol. The molecule has 0 aliphatic rings. The first-order chi connectivity index (χ1) is 9.26. The van der Waals surface area contributed by atoms with E-state index in [-0.39, 0.29) is 12.3 Å². The lowest BCUT2D eigenvalue weighted by Crippen LogP contribution is -2.40. The van der Waals surface area contributed by atoms with Crippen LogP contribution in [0.4, 0.5) is 14.9 Å². The smallest absolute Gasteiger partial charge is 0.319 e. The molecule has 6 nitrogen and oxygen atoms in total. The zero-order valence-corrected chi connectivity index (χ0v) is 11.5. The fourth-order valence-corrected chi connectivity index (χ4v) is 1.31. The number of hydrogen-bond donors (Lipinski definition) is 3. The molecule has 2 amide bonds. The van der Waals surface area contributed by atoms with Crippen LogP contribution in [-0.2, 0) is 4.79 Å². The Morgan fingerprint density at radius 3 is 2.60 bits per heavy atom. The van der Waals surface area contributed by atoms with E-state index in [1.165, 1.54) is 33.1 Å². The number of benzene rings is 1. The highest BCUT2D eigenvalue weighted by Crippen LogP contribution is 2.24. The van der Waals surface area contributed by atoms with E-state index in [0.29, 0.717) is 5.69 Å². The molecule has 20 heavy (non-hydrogen) atoms. The van der Waals surface area contributed by atoms with Crippen molar-refractivity contribution >= 4 is 17.7 Å². The van der Waals surface area contributed by atoms with Crippen molar-refractivity contribution in [1.29, 1.82) is 0 Å². The van der Waals surface area contributed by atoms with Crippen LogP contribution in [0.15, 0.2) is 18.2 Å². The van der Waals surface area contributed by atoms with E-state index in [0.717, 1.165) is 6.07 Å². The molecule has 0 aliphatic carbocycles. The maximum absolute atomic E-state index is 13.0. The highest BCUT2D eigenvalue weighted by molar-refractivity contribution is 5.91. The number of anilines is 1. The lowest BCUT2D eigenvalue weighted by atomic mass is 9.94. The Hall–Kier alpha value is -2.31. The van der Waals surface area contributed by atoms with Crippen LogP contribution < -0.4 is 15.4 Å². The molecule has 3 N–H and O–H groups in total. The number of carbonyl (C=O) groups excluding carboxylic acids is 1. The standard InChI is InChI=1S/C13H17FN2O4/c1-13(2,11(17)18)7-15-12(19)16-9-5-4-8(14)6-10(9)20-3/h4-6H,7H2,1-3H3,(H,17,18)(H2,15,16,19). The average Bonchev–Trinajstić information content (AvgIpc) is 2.38. The van der Waals surface area contributed by atoms with Gasteiger partial charge in [-0.1, -0.05) is 0 Å². The lowest BCUT2D eigenvalue weighted by Gasteiger charge is -2.20. The molecule has 0 unspecified atom stereocenters. The van der Waals surface area contributed by atoms with E-state index in [4.69, 9.17) is 9.84 Å². The Labute approximate surface area is 115 Å². The molecule has 0 spiro atoms. The lowest BCUT2D eigenvalue weighted by molar-refractivity contribution is -0.146. The number of hydrogen-bond acceptors (Lipinski definition) is 3. The largest absolute Gasteiger partial charge is 0.494 e. The molecule has 0 aromatic heterocycles. The summed E-state index contributed by atoms with van der Waals surface area (Å²) in [4.78, 5) is 22.6. The summed E-state index contributed by atoms with van der Waals surface area (Å²) in [5.41, 5.74) is -0.788. The second-order valence-corrected chi connectivity index (χ2v) is 4.84. The molecular formula is C13H17FN2O4. The van der Waals surface area contributed by atoms with Crippen LogP contribution in [0.3, 0.4) is 0 Å². The molecule has 0 saturated heterocycles. The Balaban J connectivity index is 2.66. The van der Waals surface area contributed by atoms with Gasteiger partial charge >= 0.3 is 12.0 Å². The molecule has 0 atom stereocenters. The van der Waals surface area contributed by atoms with Gasteiger partial charge in [0, 0.05) is 12.6 Å². The number of rotatable bonds is 5. The number of carboxylic acids is 1. The molecule has 0 saturated carbocycles. The van der Waals surface area contributed by atoms with Crippen molar-refractivity contribution in [1.82, 2.24) is 5.32 Å². The predicted molar refractivity (Wildman–Crippen MR) is 71.4 cm³/mol. The summed E-state index contributed by atoms with van der Waals surface area (Å²) in [7, 11) is 1.35. The molecule has 7 heteroatoms. The van der Waals surface area contributed by atoms with Crippen LogP contribution in [0.5, 0.6) is 5.75 Å². The second-order valence-electron chi connectivity index (χ2n) is 4.84. The Morgan fingerprint density at radius 2 is 2.05 bits per heavy atom. The zero-order valence-electron chi connectivity index (χ0n) is 11.5. The number of urea groups is 1. The van der Waals surface area contributed by atoms with Gasteiger partial charge in [0.25, 0.3) is 0 Å². The molecule has 1 aromatic rings. The van der Waals surface area contributed by atoms with Gasteiger partial charge in [-0.2, -0.15) is 0 Å². The third-order valence-corrected chi connectivity index (χ3v) is 2.68. The molecule has 0 radical (unpaired) electrons. The van der Waals surface area contributed by atoms with Gasteiger partial charge in [-0.3, -0.25) is 4.79 Å². The van der Waals surface area contributed by atoms with Gasteiger partial charge in [-0.15, -0.1) is 0 Å². The van der Waals surface area contributed by atoms with Crippen molar-refractivity contribution in [3.05, 3.63) is 24.0 Å². The number of ether oxygens (including phenoxy) is 1. The number of carboxylic acid groups (broad SMARTS) is 1. The third kappa shape index (κ3) is 4.11. The van der Waals surface area contributed by atoms with Gasteiger partial charge < -0.3 is 20.5 Å². The Kier molecular flexibility index (Phi) is 4.90. The molecule has 1 rings (SSSR count). The van der Waals surface area contributed by atoms with Gasteiger partial charge in [-0.25, -0.2) is 9.18 Å². The Bertz CT molecular complexity index is 517. The van der Waals surface area contributed by atoms with Crippen LogP contribution in [0.1, 0.15) is 13.8 Å².